The summed E-state index contributed by atoms with van der Waals surface area (Å²) >= 11 is 0. The Bertz CT molecular complexity index is 706. The number of imidazole rings is 1. The van der Waals surface area contributed by atoms with Crippen LogP contribution in [0.5, 0.6) is 0 Å². The number of guanidine groups is 1. The molecule has 24 heavy (non-hydrogen) atoms. The molecular formula is C19H29N5. The lowest BCUT2D eigenvalue weighted by molar-refractivity contribution is 0.131. The molecule has 1 fully saturated rings. The summed E-state index contributed by atoms with van der Waals surface area (Å²) in [5.41, 5.74) is 3.86. The van der Waals surface area contributed by atoms with Crippen LogP contribution < -0.4 is 10.6 Å². The smallest absolute Gasteiger partial charge is 0.191 e. The van der Waals surface area contributed by atoms with Crippen molar-refractivity contribution in [1.29, 1.82) is 0 Å². The Hall–Kier alpha value is -2.04. The summed E-state index contributed by atoms with van der Waals surface area (Å²) in [4.78, 5) is 9.06. The van der Waals surface area contributed by atoms with Gasteiger partial charge in [-0.25, -0.2) is 4.98 Å². The monoisotopic (exact) mass is 327 g/mol. The molecule has 2 aromatic heterocycles. The van der Waals surface area contributed by atoms with Crippen molar-refractivity contribution in [2.24, 2.45) is 10.4 Å². The first-order valence-corrected chi connectivity index (χ1v) is 9.03. The molecule has 1 aliphatic carbocycles. The molecule has 2 heterocycles. The first-order chi connectivity index (χ1) is 11.7. The highest BCUT2D eigenvalue weighted by molar-refractivity contribution is 5.79. The number of nitrogens with one attached hydrogen (secondary N) is 2. The third kappa shape index (κ3) is 3.55. The predicted molar refractivity (Wildman–Crippen MR) is 99.6 cm³/mol. The Morgan fingerprint density at radius 1 is 1.38 bits per heavy atom. The highest BCUT2D eigenvalue weighted by Gasteiger charge is 2.34. The van der Waals surface area contributed by atoms with Gasteiger partial charge in [0, 0.05) is 39.0 Å². The van der Waals surface area contributed by atoms with Crippen LogP contribution in [0.3, 0.4) is 0 Å². The quantitative estimate of drug-likeness (QED) is 0.633. The van der Waals surface area contributed by atoms with Crippen LogP contribution in [0.15, 0.2) is 29.5 Å². The van der Waals surface area contributed by atoms with E-state index in [1.165, 1.54) is 31.2 Å². The average molecular weight is 327 g/mol. The van der Waals surface area contributed by atoms with Crippen molar-refractivity contribution in [2.45, 2.75) is 46.0 Å². The van der Waals surface area contributed by atoms with Crippen molar-refractivity contribution >= 4 is 11.6 Å². The first kappa shape index (κ1) is 16.8. The molecule has 0 saturated heterocycles. The SMILES string of the molecule is CCC1(CNC(=NC)NCCc2cn3cccc(C)c3n2)CCC1. The van der Waals surface area contributed by atoms with Crippen molar-refractivity contribution in [3.05, 3.63) is 35.8 Å². The molecule has 5 heteroatoms. The van der Waals surface area contributed by atoms with Crippen molar-refractivity contribution in [1.82, 2.24) is 20.0 Å². The molecule has 0 amide bonds. The molecule has 0 aromatic carbocycles. The van der Waals surface area contributed by atoms with E-state index in [0.717, 1.165) is 36.8 Å². The second-order valence-corrected chi connectivity index (χ2v) is 6.96. The first-order valence-electron chi connectivity index (χ1n) is 9.03. The summed E-state index contributed by atoms with van der Waals surface area (Å²) < 4.78 is 2.10. The van der Waals surface area contributed by atoms with Crippen LogP contribution in [-0.4, -0.2) is 35.5 Å². The van der Waals surface area contributed by atoms with Crippen LogP contribution in [0.1, 0.15) is 43.9 Å². The molecule has 0 atom stereocenters. The van der Waals surface area contributed by atoms with Crippen molar-refractivity contribution in [2.75, 3.05) is 20.1 Å². The summed E-state index contributed by atoms with van der Waals surface area (Å²) in [7, 11) is 1.84. The minimum Gasteiger partial charge on any atom is -0.356 e. The van der Waals surface area contributed by atoms with Gasteiger partial charge in [-0.15, -0.1) is 0 Å². The van der Waals surface area contributed by atoms with E-state index in [2.05, 4.69) is 58.4 Å². The minimum atomic E-state index is 0.497. The van der Waals surface area contributed by atoms with Gasteiger partial charge in [-0.05, 0) is 43.2 Å². The molecule has 5 nitrogen and oxygen atoms in total. The Morgan fingerprint density at radius 2 is 2.21 bits per heavy atom. The molecule has 3 rings (SSSR count). The molecule has 1 aliphatic rings. The van der Waals surface area contributed by atoms with Gasteiger partial charge in [0.25, 0.3) is 0 Å². The van der Waals surface area contributed by atoms with Crippen molar-refractivity contribution in [3.8, 4) is 0 Å². The zero-order chi connectivity index (χ0) is 17.0. The van der Waals surface area contributed by atoms with Crippen LogP contribution in [0.4, 0.5) is 0 Å². The number of nitrogens with zero attached hydrogens (tertiary/aromatic N) is 3. The minimum absolute atomic E-state index is 0.497. The van der Waals surface area contributed by atoms with E-state index < -0.39 is 0 Å². The summed E-state index contributed by atoms with van der Waals surface area (Å²) in [5, 5.41) is 6.91. The number of hydrogen-bond acceptors (Lipinski definition) is 2. The maximum Gasteiger partial charge on any atom is 0.191 e. The molecule has 0 bridgehead atoms. The van der Waals surface area contributed by atoms with Gasteiger partial charge in [0.15, 0.2) is 5.96 Å². The number of hydrogen-bond donors (Lipinski definition) is 2. The highest BCUT2D eigenvalue weighted by atomic mass is 15.2. The van der Waals surface area contributed by atoms with Crippen LogP contribution >= 0.6 is 0 Å². The van der Waals surface area contributed by atoms with Crippen LogP contribution in [0.25, 0.3) is 5.65 Å². The fourth-order valence-electron chi connectivity index (χ4n) is 3.46. The summed E-state index contributed by atoms with van der Waals surface area (Å²) in [6.07, 6.45) is 10.4. The fourth-order valence-corrected chi connectivity index (χ4v) is 3.46. The number of aliphatic imine (C=N–C) groups is 1. The molecule has 2 aromatic rings. The summed E-state index contributed by atoms with van der Waals surface area (Å²) in [5.74, 6) is 0.898. The van der Waals surface area contributed by atoms with Gasteiger partial charge in [0.1, 0.15) is 5.65 Å². The molecule has 0 spiro atoms. The number of pyridine rings is 1. The van der Waals surface area contributed by atoms with Crippen molar-refractivity contribution < 1.29 is 0 Å². The van der Waals surface area contributed by atoms with Gasteiger partial charge in [0.2, 0.25) is 0 Å². The maximum absolute atomic E-state index is 4.72. The standard InChI is InChI=1S/C19H29N5/c1-4-19(9-6-10-19)14-22-18(20-3)21-11-8-16-13-24-12-5-7-15(2)17(24)23-16/h5,7,12-13H,4,6,8-11,14H2,1-3H3,(H2,20,21,22). The van der Waals surface area contributed by atoms with Crippen molar-refractivity contribution in [3.63, 3.8) is 0 Å². The van der Waals surface area contributed by atoms with E-state index in [4.69, 9.17) is 4.98 Å². The lowest BCUT2D eigenvalue weighted by Crippen LogP contribution is -2.46. The summed E-state index contributed by atoms with van der Waals surface area (Å²) in [6, 6.07) is 4.15. The number of aryl methyl sites for hydroxylation is 1. The van der Waals surface area contributed by atoms with Crippen LogP contribution in [-0.2, 0) is 6.42 Å². The van der Waals surface area contributed by atoms with Gasteiger partial charge in [-0.1, -0.05) is 19.4 Å². The topological polar surface area (TPSA) is 53.7 Å². The van der Waals surface area contributed by atoms with Gasteiger partial charge >= 0.3 is 0 Å². The van der Waals surface area contributed by atoms with E-state index in [0.29, 0.717) is 5.41 Å². The molecule has 130 valence electrons. The van der Waals surface area contributed by atoms with E-state index in [9.17, 15) is 0 Å². The Balaban J connectivity index is 1.49. The number of aromatic nitrogens is 2. The number of rotatable bonds is 6. The predicted octanol–water partition coefficient (Wildman–Crippen LogP) is 2.93. The Labute approximate surface area is 144 Å². The molecule has 2 N–H and O–H groups in total. The third-order valence-electron chi connectivity index (χ3n) is 5.42. The Morgan fingerprint density at radius 3 is 2.83 bits per heavy atom. The Kier molecular flexibility index (Phi) is 5.07. The van der Waals surface area contributed by atoms with Gasteiger partial charge in [-0.3, -0.25) is 4.99 Å². The second kappa shape index (κ2) is 7.24. The third-order valence-corrected chi connectivity index (χ3v) is 5.42. The zero-order valence-electron chi connectivity index (χ0n) is 15.1. The molecule has 1 saturated carbocycles. The zero-order valence-corrected chi connectivity index (χ0v) is 15.1. The van der Waals surface area contributed by atoms with E-state index >= 15 is 0 Å². The average Bonchev–Trinajstić information content (AvgIpc) is 2.97. The molecular weight excluding hydrogens is 298 g/mol. The van der Waals surface area contributed by atoms with E-state index in [-0.39, 0.29) is 0 Å². The lowest BCUT2D eigenvalue weighted by Gasteiger charge is -2.41. The largest absolute Gasteiger partial charge is 0.356 e. The lowest BCUT2D eigenvalue weighted by atomic mass is 9.67. The molecule has 0 unspecified atom stereocenters. The van der Waals surface area contributed by atoms with E-state index in [1.807, 2.05) is 7.05 Å². The highest BCUT2D eigenvalue weighted by Crippen LogP contribution is 2.42. The van der Waals surface area contributed by atoms with Crippen LogP contribution in [0, 0.1) is 12.3 Å². The molecule has 0 aliphatic heterocycles. The van der Waals surface area contributed by atoms with Gasteiger partial charge in [-0.2, -0.15) is 0 Å². The normalized spacial score (nSPS) is 16.9. The summed E-state index contributed by atoms with van der Waals surface area (Å²) in [6.45, 7) is 6.25. The van der Waals surface area contributed by atoms with E-state index in [1.54, 1.807) is 0 Å². The maximum atomic E-state index is 4.72. The van der Waals surface area contributed by atoms with Gasteiger partial charge in [0.05, 0.1) is 5.69 Å². The fraction of sp³-hybridized carbons (Fsp3) is 0.579. The van der Waals surface area contributed by atoms with Crippen LogP contribution in [0.2, 0.25) is 0 Å². The second-order valence-electron chi connectivity index (χ2n) is 6.96. The molecule has 0 radical (unpaired) electrons. The number of fused-ring (bicyclic) bond motifs is 1. The van der Waals surface area contributed by atoms with Gasteiger partial charge < -0.3 is 15.0 Å².